The zero-order chi connectivity index (χ0) is 5.86. The predicted molar refractivity (Wildman–Crippen MR) is 28.3 cm³/mol. The number of nitriles is 1. The lowest BCUT2D eigenvalue weighted by Gasteiger charge is -1.78. The van der Waals surface area contributed by atoms with Crippen molar-refractivity contribution in [3.63, 3.8) is 0 Å². The second-order valence-corrected chi connectivity index (χ2v) is 1.75. The molecule has 36 valence electrons. The van der Waals surface area contributed by atoms with E-state index in [2.05, 4.69) is 15.8 Å². The van der Waals surface area contributed by atoms with Gasteiger partial charge in [-0.2, -0.15) is 0 Å². The van der Waals surface area contributed by atoms with E-state index < -0.39 is 11.4 Å². The van der Waals surface area contributed by atoms with Gasteiger partial charge in [0.1, 0.15) is 0 Å². The fraction of sp³-hybridized carbons (Fsp3) is 0. The first-order valence-electron chi connectivity index (χ1n) is 1.45. The number of nitrogens with zero attached hydrogens (tertiary/aromatic N) is 1. The maximum Gasteiger partial charge on any atom is 0.467 e. The van der Waals surface area contributed by atoms with Crippen LogP contribution in [0.1, 0.15) is 0 Å². The molecule has 0 amide bonds. The van der Waals surface area contributed by atoms with Crippen LogP contribution in [0.2, 0.25) is 0 Å². The van der Waals surface area contributed by atoms with Gasteiger partial charge in [-0.25, -0.2) is 5.26 Å². The summed E-state index contributed by atoms with van der Waals surface area (Å²) < 4.78 is 0. The van der Waals surface area contributed by atoms with Crippen LogP contribution >= 0.6 is 15.8 Å². The highest BCUT2D eigenvalue weighted by atomic mass is 79.9. The zero-order valence-electron chi connectivity index (χ0n) is 3.26. The molecule has 0 atom stereocenters. The molecular weight excluding hydrogens is 161 g/mol. The van der Waals surface area contributed by atoms with Crippen LogP contribution in [0.3, 0.4) is 0 Å². The van der Waals surface area contributed by atoms with Gasteiger partial charge in [-0.1, -0.05) is 0 Å². The van der Waals surface area contributed by atoms with Gasteiger partial charge in [0.15, 0.2) is 0 Å². The molecule has 0 rings (SSSR count). The molecular formula is C2HBBrNO2. The fourth-order valence-corrected chi connectivity index (χ4v) is 0.0552. The van der Waals surface area contributed by atoms with E-state index in [9.17, 15) is 4.79 Å². The number of hydrogen-bond donors (Lipinski definition) is 1. The summed E-state index contributed by atoms with van der Waals surface area (Å²) in [7, 11) is 0. The summed E-state index contributed by atoms with van der Waals surface area (Å²) in [5.74, 6) is 0.331. The minimum Gasteiger partial charge on any atom is -0.487 e. The Kier molecular flexibility index (Phi) is 2.45. The van der Waals surface area contributed by atoms with Gasteiger partial charge in [0.05, 0.1) is 0 Å². The molecule has 0 spiro atoms. The third-order valence-electron chi connectivity index (χ3n) is 0.330. The lowest BCUT2D eigenvalue weighted by molar-refractivity contribution is 0.220. The molecule has 0 aromatic rings. The average molecular weight is 162 g/mol. The SMILES string of the molecule is N#CB(Br)C(=O)O. The second-order valence-electron chi connectivity index (χ2n) is 0.830. The maximum atomic E-state index is 9.66. The van der Waals surface area contributed by atoms with Crippen LogP contribution < -0.4 is 0 Å². The molecule has 0 aliphatic rings. The molecule has 0 aromatic carbocycles. The molecule has 0 heterocycles. The molecule has 1 N–H and O–H groups in total. The van der Waals surface area contributed by atoms with Crippen LogP contribution in [0.5, 0.6) is 0 Å². The average Bonchev–Trinajstić information content (AvgIpc) is 1.65. The van der Waals surface area contributed by atoms with Crippen LogP contribution in [0.15, 0.2) is 0 Å². The molecule has 0 saturated carbocycles. The first-order valence-corrected chi connectivity index (χ1v) is 2.36. The Balaban J connectivity index is 3.63. The number of hydrogen-bond acceptors (Lipinski definition) is 2. The largest absolute Gasteiger partial charge is 0.487 e. The summed E-state index contributed by atoms with van der Waals surface area (Å²) in [6, 6.07) is 0. The Hall–Kier alpha value is -0.495. The molecule has 0 aliphatic carbocycles. The Morgan fingerprint density at radius 1 is 2.00 bits per heavy atom. The van der Waals surface area contributed by atoms with Crippen molar-refractivity contribution in [3.05, 3.63) is 0 Å². The molecule has 3 nitrogen and oxygen atoms in total. The van der Waals surface area contributed by atoms with Gasteiger partial charge >= 0.3 is 5.54 Å². The standard InChI is InChI=1S/C2HBBrNO2/c4-3(1-5)2(6)7/h(H,6,7). The first kappa shape index (κ1) is 6.50. The van der Waals surface area contributed by atoms with Crippen molar-refractivity contribution < 1.29 is 9.90 Å². The van der Waals surface area contributed by atoms with Crippen LogP contribution in [-0.2, 0) is 0 Å². The highest BCUT2D eigenvalue weighted by Crippen LogP contribution is 1.90. The number of carboxylic acid groups (broad SMARTS) is 1. The molecule has 0 fully saturated rings. The van der Waals surface area contributed by atoms with E-state index in [0.29, 0.717) is 0 Å². The first-order chi connectivity index (χ1) is 3.18. The third-order valence-corrected chi connectivity index (χ3v) is 0.927. The number of halogens is 1. The third kappa shape index (κ3) is 2.23. The smallest absolute Gasteiger partial charge is 0.467 e. The van der Waals surface area contributed by atoms with Gasteiger partial charge in [0.2, 0.25) is 0 Å². The molecule has 0 saturated heterocycles. The normalized spacial score (nSPS) is 6.86. The molecule has 0 aliphatic heterocycles. The van der Waals surface area contributed by atoms with Crippen molar-refractivity contribution in [2.75, 3.05) is 0 Å². The van der Waals surface area contributed by atoms with E-state index >= 15 is 0 Å². The lowest BCUT2D eigenvalue weighted by atomic mass is 9.81. The summed E-state index contributed by atoms with van der Waals surface area (Å²) in [6.45, 7) is 0. The van der Waals surface area contributed by atoms with E-state index in [1.807, 2.05) is 0 Å². The van der Waals surface area contributed by atoms with Crippen molar-refractivity contribution in [3.8, 4) is 5.97 Å². The highest BCUT2D eigenvalue weighted by molar-refractivity contribution is 9.25. The summed E-state index contributed by atoms with van der Waals surface area (Å²) in [5.41, 5.74) is -1.06. The van der Waals surface area contributed by atoms with E-state index in [0.717, 1.165) is 0 Å². The van der Waals surface area contributed by atoms with Crippen LogP contribution in [-0.4, -0.2) is 16.5 Å². The number of rotatable bonds is 1. The minimum atomic E-state index is -1.15. The van der Waals surface area contributed by atoms with Gasteiger partial charge in [-0.15, -0.1) is 15.8 Å². The van der Waals surface area contributed by atoms with Crippen LogP contribution in [0.4, 0.5) is 4.79 Å². The zero-order valence-corrected chi connectivity index (χ0v) is 4.84. The van der Waals surface area contributed by atoms with Gasteiger partial charge in [-0.3, -0.25) is 4.79 Å². The molecule has 0 bridgehead atoms. The van der Waals surface area contributed by atoms with Crippen molar-refractivity contribution in [1.29, 1.82) is 5.26 Å². The van der Waals surface area contributed by atoms with Crippen molar-refractivity contribution >= 4 is 27.2 Å². The Bertz CT molecular complexity index is 119. The summed E-state index contributed by atoms with van der Waals surface area (Å²) in [5, 5.41) is 15.7. The van der Waals surface area contributed by atoms with Crippen molar-refractivity contribution in [1.82, 2.24) is 0 Å². The van der Waals surface area contributed by atoms with Gasteiger partial charge < -0.3 is 5.11 Å². The van der Waals surface area contributed by atoms with E-state index in [-0.39, 0.29) is 0 Å². The lowest BCUT2D eigenvalue weighted by Crippen LogP contribution is -2.12. The van der Waals surface area contributed by atoms with Gasteiger partial charge in [0, 0.05) is 5.97 Å². The molecule has 5 heteroatoms. The van der Waals surface area contributed by atoms with Crippen LogP contribution in [0, 0.1) is 11.2 Å². The summed E-state index contributed by atoms with van der Waals surface area (Å²) in [4.78, 5) is 9.66. The molecule has 0 unspecified atom stereocenters. The fourth-order valence-electron chi connectivity index (χ4n) is 0.0552. The maximum absolute atomic E-state index is 9.66. The Labute approximate surface area is 49.0 Å². The molecule has 0 radical (unpaired) electrons. The minimum absolute atomic E-state index is 1.06. The number of carbonyl (C=O) groups is 1. The topological polar surface area (TPSA) is 61.1 Å². The van der Waals surface area contributed by atoms with Crippen LogP contribution in [0.25, 0.3) is 0 Å². The Morgan fingerprint density at radius 2 is 2.43 bits per heavy atom. The van der Waals surface area contributed by atoms with Crippen molar-refractivity contribution in [2.45, 2.75) is 0 Å². The van der Waals surface area contributed by atoms with Gasteiger partial charge in [-0.05, 0) is 0 Å². The van der Waals surface area contributed by atoms with Crippen molar-refractivity contribution in [2.24, 2.45) is 0 Å². The Morgan fingerprint density at radius 3 is 2.43 bits per heavy atom. The molecule has 7 heavy (non-hydrogen) atoms. The van der Waals surface area contributed by atoms with E-state index in [1.165, 1.54) is 5.97 Å². The van der Waals surface area contributed by atoms with Gasteiger partial charge in [0.25, 0.3) is 5.87 Å². The monoisotopic (exact) mass is 161 g/mol. The highest BCUT2D eigenvalue weighted by Gasteiger charge is 2.17. The van der Waals surface area contributed by atoms with E-state index in [1.54, 1.807) is 0 Å². The predicted octanol–water partition coefficient (Wildman–Crippen LogP) is 0.695. The van der Waals surface area contributed by atoms with E-state index in [4.69, 9.17) is 10.4 Å². The quantitative estimate of drug-likeness (QED) is 0.576. The molecule has 0 aromatic heterocycles. The summed E-state index contributed by atoms with van der Waals surface area (Å²) in [6.07, 6.45) is 0. The second kappa shape index (κ2) is 2.64. The summed E-state index contributed by atoms with van der Waals surface area (Å²) >= 11 is 2.58.